The Labute approximate surface area is 90.7 Å². The minimum absolute atomic E-state index is 0.256. The number of rotatable bonds is 2. The first-order valence-corrected chi connectivity index (χ1v) is 4.86. The summed E-state index contributed by atoms with van der Waals surface area (Å²) < 4.78 is 0.788. The van der Waals surface area contributed by atoms with Crippen LogP contribution in [0.4, 0.5) is 5.69 Å². The maximum atomic E-state index is 5.84. The largest absolute Gasteiger partial charge is 0.398 e. The van der Waals surface area contributed by atoms with Crippen LogP contribution >= 0.6 is 27.5 Å². The number of nitrogens with two attached hydrogens (primary N) is 2. The molecule has 0 bridgehead atoms. The van der Waals surface area contributed by atoms with E-state index in [2.05, 4.69) is 22.5 Å². The molecule has 0 aromatic heterocycles. The molecule has 0 unspecified atom stereocenters. The summed E-state index contributed by atoms with van der Waals surface area (Å²) in [6.07, 6.45) is 1.63. The van der Waals surface area contributed by atoms with E-state index < -0.39 is 0 Å². The third-order valence-corrected chi connectivity index (χ3v) is 2.94. The van der Waals surface area contributed by atoms with Gasteiger partial charge in [0.2, 0.25) is 0 Å². The number of anilines is 1. The van der Waals surface area contributed by atoms with Gasteiger partial charge in [-0.3, -0.25) is 0 Å². The summed E-state index contributed by atoms with van der Waals surface area (Å²) in [5, 5.41) is 0.581. The Morgan fingerprint density at radius 1 is 1.54 bits per heavy atom. The predicted molar refractivity (Wildman–Crippen MR) is 60.7 cm³/mol. The lowest BCUT2D eigenvalue weighted by molar-refractivity contribution is 0.917. The van der Waals surface area contributed by atoms with E-state index in [9.17, 15) is 0 Å². The van der Waals surface area contributed by atoms with Crippen LogP contribution in [-0.4, -0.2) is 0 Å². The zero-order valence-electron chi connectivity index (χ0n) is 6.93. The average molecular weight is 262 g/mol. The Bertz CT molecular complexity index is 339. The fourth-order valence-electron chi connectivity index (χ4n) is 0.993. The molecule has 1 aromatic carbocycles. The van der Waals surface area contributed by atoms with Crippen molar-refractivity contribution in [3.05, 3.63) is 39.8 Å². The van der Waals surface area contributed by atoms with Crippen molar-refractivity contribution >= 4 is 33.2 Å². The predicted octanol–water partition coefficient (Wildman–Crippen LogP) is 2.87. The Kier molecular flexibility index (Phi) is 3.36. The Morgan fingerprint density at radius 2 is 2.15 bits per heavy atom. The van der Waals surface area contributed by atoms with Gasteiger partial charge in [0.25, 0.3) is 0 Å². The van der Waals surface area contributed by atoms with E-state index >= 15 is 0 Å². The first kappa shape index (κ1) is 10.6. The van der Waals surface area contributed by atoms with Crippen molar-refractivity contribution in [2.45, 2.75) is 6.04 Å². The molecule has 0 amide bonds. The number of hydrogen-bond acceptors (Lipinski definition) is 2. The molecule has 2 nitrogen and oxygen atoms in total. The van der Waals surface area contributed by atoms with Gasteiger partial charge in [0.05, 0.1) is 5.02 Å². The van der Waals surface area contributed by atoms with Gasteiger partial charge in [-0.15, -0.1) is 6.58 Å². The molecular weight excluding hydrogens is 251 g/mol. The van der Waals surface area contributed by atoms with Crippen LogP contribution in [0.5, 0.6) is 0 Å². The van der Waals surface area contributed by atoms with Crippen LogP contribution in [0.25, 0.3) is 0 Å². The van der Waals surface area contributed by atoms with Crippen molar-refractivity contribution in [3.8, 4) is 0 Å². The van der Waals surface area contributed by atoms with Crippen molar-refractivity contribution in [2.75, 3.05) is 5.73 Å². The van der Waals surface area contributed by atoms with E-state index in [0.29, 0.717) is 10.7 Å². The van der Waals surface area contributed by atoms with Gasteiger partial charge in [-0.05, 0) is 33.6 Å². The van der Waals surface area contributed by atoms with Crippen molar-refractivity contribution in [1.82, 2.24) is 0 Å². The SMILES string of the molecule is C=C[C@H](N)c1cc(Br)c(Cl)cc1N. The smallest absolute Gasteiger partial charge is 0.0568 e. The lowest BCUT2D eigenvalue weighted by atomic mass is 10.1. The second kappa shape index (κ2) is 4.13. The standard InChI is InChI=1S/C9H10BrClN2/c1-2-8(12)5-3-6(10)7(11)4-9(5)13/h2-4,8H,1,12-13H2/t8-/m0/s1. The molecule has 4 heteroatoms. The van der Waals surface area contributed by atoms with Crippen LogP contribution in [0.1, 0.15) is 11.6 Å². The third-order valence-electron chi connectivity index (χ3n) is 1.74. The second-order valence-electron chi connectivity index (χ2n) is 2.66. The molecule has 1 aromatic rings. The Balaban J connectivity index is 3.22. The van der Waals surface area contributed by atoms with Crippen molar-refractivity contribution in [1.29, 1.82) is 0 Å². The Hall–Kier alpha value is -0.510. The summed E-state index contributed by atoms with van der Waals surface area (Å²) in [6.45, 7) is 3.60. The lowest BCUT2D eigenvalue weighted by Crippen LogP contribution is -2.09. The van der Waals surface area contributed by atoms with Crippen LogP contribution in [0, 0.1) is 0 Å². The summed E-state index contributed by atoms with van der Waals surface area (Å²) in [6, 6.07) is 3.22. The van der Waals surface area contributed by atoms with Crippen LogP contribution in [0.2, 0.25) is 5.02 Å². The molecule has 0 spiro atoms. The first-order valence-electron chi connectivity index (χ1n) is 3.68. The number of nitrogen functional groups attached to an aromatic ring is 1. The highest BCUT2D eigenvalue weighted by molar-refractivity contribution is 9.10. The molecular formula is C9H10BrClN2. The fraction of sp³-hybridized carbons (Fsp3) is 0.111. The molecule has 0 saturated carbocycles. The van der Waals surface area contributed by atoms with Gasteiger partial charge in [0.15, 0.2) is 0 Å². The van der Waals surface area contributed by atoms with Crippen molar-refractivity contribution in [3.63, 3.8) is 0 Å². The van der Waals surface area contributed by atoms with Crippen molar-refractivity contribution < 1.29 is 0 Å². The highest BCUT2D eigenvalue weighted by atomic mass is 79.9. The quantitative estimate of drug-likeness (QED) is 0.635. The summed E-state index contributed by atoms with van der Waals surface area (Å²) in [4.78, 5) is 0. The normalized spacial score (nSPS) is 12.5. The van der Waals surface area contributed by atoms with Gasteiger partial charge in [-0.25, -0.2) is 0 Å². The molecule has 1 atom stereocenters. The number of hydrogen-bond donors (Lipinski definition) is 2. The topological polar surface area (TPSA) is 52.0 Å². The maximum absolute atomic E-state index is 5.84. The van der Waals surface area contributed by atoms with Crippen LogP contribution in [-0.2, 0) is 0 Å². The van der Waals surface area contributed by atoms with Gasteiger partial charge < -0.3 is 11.5 Å². The molecule has 0 aliphatic heterocycles. The lowest BCUT2D eigenvalue weighted by Gasteiger charge is -2.11. The Morgan fingerprint density at radius 3 is 2.69 bits per heavy atom. The third kappa shape index (κ3) is 2.24. The first-order chi connectivity index (χ1) is 6.06. The molecule has 0 fully saturated rings. The van der Waals surface area contributed by atoms with E-state index in [1.165, 1.54) is 0 Å². The molecule has 0 heterocycles. The average Bonchev–Trinajstić information content (AvgIpc) is 2.10. The molecule has 70 valence electrons. The monoisotopic (exact) mass is 260 g/mol. The summed E-state index contributed by atoms with van der Waals surface area (Å²) in [5.41, 5.74) is 12.9. The second-order valence-corrected chi connectivity index (χ2v) is 3.92. The van der Waals surface area contributed by atoms with E-state index in [4.69, 9.17) is 23.1 Å². The number of halogens is 2. The van der Waals surface area contributed by atoms with Crippen LogP contribution < -0.4 is 11.5 Å². The minimum atomic E-state index is -0.256. The minimum Gasteiger partial charge on any atom is -0.398 e. The maximum Gasteiger partial charge on any atom is 0.0568 e. The molecule has 0 radical (unpaired) electrons. The van der Waals surface area contributed by atoms with Gasteiger partial charge in [0, 0.05) is 16.2 Å². The van der Waals surface area contributed by atoms with E-state index in [1.54, 1.807) is 12.1 Å². The molecule has 0 aliphatic rings. The molecule has 0 saturated heterocycles. The molecule has 1 rings (SSSR count). The van der Waals surface area contributed by atoms with Gasteiger partial charge >= 0.3 is 0 Å². The van der Waals surface area contributed by atoms with Crippen LogP contribution in [0.3, 0.4) is 0 Å². The highest BCUT2D eigenvalue weighted by Gasteiger charge is 2.08. The summed E-state index contributed by atoms with van der Waals surface area (Å²) in [5.74, 6) is 0. The van der Waals surface area contributed by atoms with Gasteiger partial charge in [-0.1, -0.05) is 17.7 Å². The molecule has 13 heavy (non-hydrogen) atoms. The molecule has 4 N–H and O–H groups in total. The van der Waals surface area contributed by atoms with Crippen molar-refractivity contribution in [2.24, 2.45) is 5.73 Å². The fourth-order valence-corrected chi connectivity index (χ4v) is 1.53. The zero-order valence-corrected chi connectivity index (χ0v) is 9.27. The zero-order chi connectivity index (χ0) is 10.0. The van der Waals surface area contributed by atoms with E-state index in [-0.39, 0.29) is 6.04 Å². The van der Waals surface area contributed by atoms with Crippen LogP contribution in [0.15, 0.2) is 29.3 Å². The summed E-state index contributed by atoms with van der Waals surface area (Å²) >= 11 is 9.14. The van der Waals surface area contributed by atoms with Gasteiger partial charge in [-0.2, -0.15) is 0 Å². The summed E-state index contributed by atoms with van der Waals surface area (Å²) in [7, 11) is 0. The number of benzene rings is 1. The van der Waals surface area contributed by atoms with E-state index in [0.717, 1.165) is 10.0 Å². The molecule has 0 aliphatic carbocycles. The highest BCUT2D eigenvalue weighted by Crippen LogP contribution is 2.30. The van der Waals surface area contributed by atoms with E-state index in [1.807, 2.05) is 6.07 Å². The van der Waals surface area contributed by atoms with Gasteiger partial charge in [0.1, 0.15) is 0 Å².